The number of nitrogens with one attached hydrogen (secondary N) is 2. The molecule has 0 unspecified atom stereocenters. The Morgan fingerprint density at radius 1 is 1.05 bits per heavy atom. The quantitative estimate of drug-likeness (QED) is 0.308. The highest BCUT2D eigenvalue weighted by atomic mass is 32.2. The molecule has 0 aliphatic carbocycles. The zero-order valence-corrected chi connectivity index (χ0v) is 22.4. The Morgan fingerprint density at radius 2 is 1.87 bits per heavy atom. The van der Waals surface area contributed by atoms with Gasteiger partial charge in [-0.1, -0.05) is 18.2 Å². The number of benzene rings is 2. The maximum absolute atomic E-state index is 13.0. The van der Waals surface area contributed by atoms with Crippen molar-refractivity contribution in [3.63, 3.8) is 0 Å². The minimum Gasteiger partial charge on any atom is -0.379 e. The molecule has 2 aromatic heterocycles. The average Bonchev–Trinajstić information content (AvgIpc) is 3.56. The molecule has 2 fully saturated rings. The minimum absolute atomic E-state index is 0.162. The lowest BCUT2D eigenvalue weighted by Gasteiger charge is -2.26. The van der Waals surface area contributed by atoms with Gasteiger partial charge in [-0.3, -0.25) is 29.6 Å². The number of imide groups is 1. The number of pyridine rings is 1. The third-order valence-electron chi connectivity index (χ3n) is 6.52. The number of carbonyl (C=O) groups excluding carboxylic acids is 3. The van der Waals surface area contributed by atoms with Crippen molar-refractivity contribution in [3.8, 4) is 10.4 Å². The summed E-state index contributed by atoms with van der Waals surface area (Å²) in [5, 5.41) is 5.79. The first kappa shape index (κ1) is 25.4. The van der Waals surface area contributed by atoms with E-state index in [1.54, 1.807) is 12.3 Å². The summed E-state index contributed by atoms with van der Waals surface area (Å²) in [5.41, 5.74) is 4.48. The molecule has 2 saturated heterocycles. The highest BCUT2D eigenvalue weighted by Crippen LogP contribution is 2.35. The zero-order valence-electron chi connectivity index (χ0n) is 20.8. The predicted molar refractivity (Wildman–Crippen MR) is 155 cm³/mol. The number of anilines is 1. The van der Waals surface area contributed by atoms with Crippen LogP contribution in [-0.2, 0) is 16.1 Å². The molecule has 0 saturated carbocycles. The van der Waals surface area contributed by atoms with Crippen LogP contribution in [0.3, 0.4) is 0 Å². The molecule has 2 aromatic carbocycles. The third kappa shape index (κ3) is 5.79. The van der Waals surface area contributed by atoms with Crippen LogP contribution in [0.1, 0.15) is 20.8 Å². The van der Waals surface area contributed by atoms with Crippen LogP contribution >= 0.6 is 23.1 Å². The molecule has 196 valence electrons. The summed E-state index contributed by atoms with van der Waals surface area (Å²) in [7, 11) is 0. The molecule has 8 nitrogen and oxygen atoms in total. The van der Waals surface area contributed by atoms with Gasteiger partial charge in [0, 0.05) is 47.3 Å². The Bertz CT molecular complexity index is 1610. The van der Waals surface area contributed by atoms with Crippen molar-refractivity contribution in [3.05, 3.63) is 87.8 Å². The van der Waals surface area contributed by atoms with Gasteiger partial charge in [-0.25, -0.2) is 0 Å². The number of ether oxygens (including phenoxy) is 1. The second-order valence-corrected chi connectivity index (χ2v) is 11.3. The van der Waals surface area contributed by atoms with Crippen molar-refractivity contribution in [2.45, 2.75) is 6.54 Å². The highest BCUT2D eigenvalue weighted by molar-refractivity contribution is 8.18. The molecule has 4 heterocycles. The lowest BCUT2D eigenvalue weighted by molar-refractivity contribution is -0.115. The highest BCUT2D eigenvalue weighted by Gasteiger charge is 2.25. The number of carbonyl (C=O) groups is 3. The van der Waals surface area contributed by atoms with Crippen LogP contribution in [0.15, 0.2) is 71.8 Å². The standard InChI is InChI=1S/C29H24N4O4S2/c34-27(31-20-4-1-18(2-5-20)17-33-11-13-37-14-12-33)25-8-7-24(38-25)21-9-10-30-23-6-3-19(15-22(21)23)16-26-28(35)32-29(36)39-26/h1-10,15-16H,11-14,17H2,(H,31,34)(H,32,35,36)/b26-16-. The molecule has 3 amide bonds. The van der Waals surface area contributed by atoms with Crippen molar-refractivity contribution < 1.29 is 19.1 Å². The van der Waals surface area contributed by atoms with Gasteiger partial charge < -0.3 is 10.1 Å². The van der Waals surface area contributed by atoms with E-state index in [0.717, 1.165) is 77.2 Å². The molecule has 2 aliphatic rings. The fourth-order valence-electron chi connectivity index (χ4n) is 4.55. The maximum atomic E-state index is 13.0. The number of nitrogens with zero attached hydrogens (tertiary/aromatic N) is 2. The first-order valence-corrected chi connectivity index (χ1v) is 14.1. The maximum Gasteiger partial charge on any atom is 0.290 e. The van der Waals surface area contributed by atoms with Crippen molar-refractivity contribution in [2.75, 3.05) is 31.6 Å². The number of thiophene rings is 1. The monoisotopic (exact) mass is 556 g/mol. The lowest BCUT2D eigenvalue weighted by atomic mass is 10.0. The van der Waals surface area contributed by atoms with Gasteiger partial charge >= 0.3 is 0 Å². The Hall–Kier alpha value is -3.83. The average molecular weight is 557 g/mol. The van der Waals surface area contributed by atoms with Crippen LogP contribution in [-0.4, -0.2) is 53.2 Å². The van der Waals surface area contributed by atoms with Crippen molar-refractivity contribution in [2.24, 2.45) is 0 Å². The Morgan fingerprint density at radius 3 is 2.64 bits per heavy atom. The second kappa shape index (κ2) is 11.1. The summed E-state index contributed by atoms with van der Waals surface area (Å²) in [6.07, 6.45) is 3.44. The first-order valence-electron chi connectivity index (χ1n) is 12.5. The van der Waals surface area contributed by atoms with E-state index in [2.05, 4.69) is 20.5 Å². The van der Waals surface area contributed by atoms with Crippen molar-refractivity contribution in [1.82, 2.24) is 15.2 Å². The van der Waals surface area contributed by atoms with Crippen LogP contribution < -0.4 is 10.6 Å². The van der Waals surface area contributed by atoms with Crippen LogP contribution in [0.2, 0.25) is 0 Å². The number of hydrogen-bond acceptors (Lipinski definition) is 8. The lowest BCUT2D eigenvalue weighted by Crippen LogP contribution is -2.35. The van der Waals surface area contributed by atoms with Crippen molar-refractivity contribution in [1.29, 1.82) is 0 Å². The van der Waals surface area contributed by atoms with Gasteiger partial charge in [-0.15, -0.1) is 11.3 Å². The molecule has 39 heavy (non-hydrogen) atoms. The fourth-order valence-corrected chi connectivity index (χ4v) is 6.17. The van der Waals surface area contributed by atoms with E-state index in [1.165, 1.54) is 16.9 Å². The summed E-state index contributed by atoms with van der Waals surface area (Å²) in [6, 6.07) is 19.3. The van der Waals surface area contributed by atoms with E-state index < -0.39 is 5.91 Å². The predicted octanol–water partition coefficient (Wildman–Crippen LogP) is 5.37. The van der Waals surface area contributed by atoms with Crippen LogP contribution in [0.5, 0.6) is 0 Å². The molecular formula is C29H24N4O4S2. The van der Waals surface area contributed by atoms with Gasteiger partial charge in [-0.05, 0) is 71.4 Å². The number of morpholine rings is 1. The Kier molecular flexibility index (Phi) is 7.25. The van der Waals surface area contributed by atoms with Gasteiger partial charge in [0.25, 0.3) is 17.1 Å². The van der Waals surface area contributed by atoms with E-state index in [4.69, 9.17) is 4.74 Å². The number of rotatable bonds is 6. The normalized spacial score (nSPS) is 17.1. The number of amides is 3. The van der Waals surface area contributed by atoms with E-state index in [-0.39, 0.29) is 11.1 Å². The van der Waals surface area contributed by atoms with E-state index in [1.807, 2.05) is 60.7 Å². The van der Waals surface area contributed by atoms with Gasteiger partial charge in [0.05, 0.1) is 28.5 Å². The molecule has 2 N–H and O–H groups in total. The summed E-state index contributed by atoms with van der Waals surface area (Å²) in [5.74, 6) is -0.554. The van der Waals surface area contributed by atoms with Gasteiger partial charge in [0.2, 0.25) is 0 Å². The SMILES string of the molecule is O=C1NC(=O)/C(=C/c2ccc3nccc(-c4ccc(C(=O)Nc5ccc(CN6CCOCC6)cc5)s4)c3c2)S1. The molecule has 0 radical (unpaired) electrons. The number of hydrogen-bond donors (Lipinski definition) is 2. The first-order chi connectivity index (χ1) is 19.0. The van der Waals surface area contributed by atoms with E-state index in [9.17, 15) is 14.4 Å². The summed E-state index contributed by atoms with van der Waals surface area (Å²) in [6.45, 7) is 4.27. The molecule has 0 bridgehead atoms. The van der Waals surface area contributed by atoms with E-state index in [0.29, 0.717) is 9.78 Å². The number of aromatic nitrogens is 1. The minimum atomic E-state index is -0.392. The Labute approximate surface area is 233 Å². The van der Waals surface area contributed by atoms with E-state index >= 15 is 0 Å². The molecular weight excluding hydrogens is 532 g/mol. The smallest absolute Gasteiger partial charge is 0.290 e. The van der Waals surface area contributed by atoms with Crippen molar-refractivity contribution >= 4 is 62.8 Å². The van der Waals surface area contributed by atoms with Gasteiger partial charge in [-0.2, -0.15) is 0 Å². The third-order valence-corrected chi connectivity index (χ3v) is 8.45. The summed E-state index contributed by atoms with van der Waals surface area (Å²) >= 11 is 2.29. The molecule has 10 heteroatoms. The second-order valence-electron chi connectivity index (χ2n) is 9.19. The molecule has 0 spiro atoms. The van der Waals surface area contributed by atoms with Gasteiger partial charge in [0.15, 0.2) is 0 Å². The largest absolute Gasteiger partial charge is 0.379 e. The molecule has 4 aromatic rings. The van der Waals surface area contributed by atoms with Crippen LogP contribution in [0.4, 0.5) is 10.5 Å². The molecule has 2 aliphatic heterocycles. The number of fused-ring (bicyclic) bond motifs is 1. The van der Waals surface area contributed by atoms with Crippen LogP contribution in [0, 0.1) is 0 Å². The van der Waals surface area contributed by atoms with Crippen LogP contribution in [0.25, 0.3) is 27.4 Å². The fraction of sp³-hybridized carbons (Fsp3) is 0.172. The Balaban J connectivity index is 1.18. The zero-order chi connectivity index (χ0) is 26.8. The summed E-state index contributed by atoms with van der Waals surface area (Å²) in [4.78, 5) is 45.2. The molecule has 0 atom stereocenters. The topological polar surface area (TPSA) is 101 Å². The summed E-state index contributed by atoms with van der Waals surface area (Å²) < 4.78 is 5.41. The molecule has 6 rings (SSSR count). The van der Waals surface area contributed by atoms with Gasteiger partial charge in [0.1, 0.15) is 0 Å². The number of thioether (sulfide) groups is 1.